The van der Waals surface area contributed by atoms with Crippen LogP contribution in [-0.4, -0.2) is 17.2 Å². The van der Waals surface area contributed by atoms with Crippen molar-refractivity contribution in [1.82, 2.24) is 0 Å². The quantitative estimate of drug-likeness (QED) is 0.529. The molecule has 2 nitrogen and oxygen atoms in total. The molecular formula is C6H13O2P. The van der Waals surface area contributed by atoms with Crippen molar-refractivity contribution in [3.63, 3.8) is 0 Å². The van der Waals surface area contributed by atoms with Crippen LogP contribution in [-0.2, 0) is 4.57 Å². The van der Waals surface area contributed by atoms with E-state index in [2.05, 4.69) is 0 Å². The Balaban J connectivity index is 2.65. The van der Waals surface area contributed by atoms with Crippen LogP contribution in [0.25, 0.3) is 0 Å². The molecule has 0 aromatic carbocycles. The summed E-state index contributed by atoms with van der Waals surface area (Å²) >= 11 is 0. The van der Waals surface area contributed by atoms with Gasteiger partial charge < -0.3 is 4.89 Å². The van der Waals surface area contributed by atoms with Crippen LogP contribution in [0, 0.1) is 11.8 Å². The van der Waals surface area contributed by atoms with Crippen molar-refractivity contribution >= 4 is 7.37 Å². The van der Waals surface area contributed by atoms with E-state index in [0.29, 0.717) is 24.2 Å². The van der Waals surface area contributed by atoms with E-state index in [0.717, 1.165) is 0 Å². The van der Waals surface area contributed by atoms with Gasteiger partial charge in [0.2, 0.25) is 7.37 Å². The highest BCUT2D eigenvalue weighted by Crippen LogP contribution is 2.52. The minimum atomic E-state index is -2.66. The van der Waals surface area contributed by atoms with E-state index in [1.807, 2.05) is 13.8 Å². The first-order valence-corrected chi connectivity index (χ1v) is 5.35. The lowest BCUT2D eigenvalue weighted by atomic mass is 10.0. The average molecular weight is 148 g/mol. The Morgan fingerprint density at radius 3 is 1.78 bits per heavy atom. The van der Waals surface area contributed by atoms with E-state index in [9.17, 15) is 4.57 Å². The summed E-state index contributed by atoms with van der Waals surface area (Å²) in [6.45, 7) is 4.08. The first kappa shape index (κ1) is 7.30. The molecule has 0 amide bonds. The highest BCUT2D eigenvalue weighted by molar-refractivity contribution is 7.58. The molecule has 1 heterocycles. The zero-order valence-corrected chi connectivity index (χ0v) is 6.77. The van der Waals surface area contributed by atoms with Crippen molar-refractivity contribution in [3.05, 3.63) is 0 Å². The SMILES string of the molecule is CC1CP(=O)(O)CC1C. The topological polar surface area (TPSA) is 37.3 Å². The number of rotatable bonds is 0. The van der Waals surface area contributed by atoms with Gasteiger partial charge in [0.1, 0.15) is 0 Å². The second kappa shape index (κ2) is 2.10. The van der Waals surface area contributed by atoms with Crippen LogP contribution >= 0.6 is 7.37 Å². The molecule has 1 N–H and O–H groups in total. The molecule has 0 saturated carbocycles. The van der Waals surface area contributed by atoms with Crippen molar-refractivity contribution in [2.45, 2.75) is 13.8 Å². The van der Waals surface area contributed by atoms with E-state index in [1.165, 1.54) is 0 Å². The maximum Gasteiger partial charge on any atom is 0.201 e. The molecule has 2 atom stereocenters. The van der Waals surface area contributed by atoms with Gasteiger partial charge in [-0.25, -0.2) is 0 Å². The molecule has 0 aliphatic carbocycles. The van der Waals surface area contributed by atoms with Gasteiger partial charge in [0, 0.05) is 12.3 Å². The van der Waals surface area contributed by atoms with Gasteiger partial charge in [-0.2, -0.15) is 0 Å². The summed E-state index contributed by atoms with van der Waals surface area (Å²) in [6, 6.07) is 0. The fourth-order valence-corrected chi connectivity index (χ4v) is 4.00. The first-order valence-electron chi connectivity index (χ1n) is 3.32. The Morgan fingerprint density at radius 2 is 1.67 bits per heavy atom. The Morgan fingerprint density at radius 1 is 1.33 bits per heavy atom. The molecule has 0 radical (unpaired) electrons. The van der Waals surface area contributed by atoms with Crippen LogP contribution in [0.5, 0.6) is 0 Å². The first-order chi connectivity index (χ1) is 4.01. The summed E-state index contributed by atoms with van der Waals surface area (Å²) in [5.41, 5.74) is 0. The maximum atomic E-state index is 11.0. The van der Waals surface area contributed by atoms with Crippen LogP contribution in [0.1, 0.15) is 13.8 Å². The fraction of sp³-hybridized carbons (Fsp3) is 1.00. The Kier molecular flexibility index (Phi) is 1.71. The molecule has 3 heteroatoms. The third-order valence-corrected chi connectivity index (χ3v) is 4.41. The normalized spacial score (nSPS) is 51.9. The smallest absolute Gasteiger partial charge is 0.201 e. The molecule has 0 spiro atoms. The van der Waals surface area contributed by atoms with Gasteiger partial charge in [0.05, 0.1) is 0 Å². The zero-order chi connectivity index (χ0) is 7.07. The molecule has 9 heavy (non-hydrogen) atoms. The molecule has 0 aromatic heterocycles. The Hall–Kier alpha value is 0.190. The molecule has 1 aliphatic heterocycles. The summed E-state index contributed by atoms with van der Waals surface area (Å²) in [6.07, 6.45) is 1.07. The van der Waals surface area contributed by atoms with E-state index in [4.69, 9.17) is 4.89 Å². The van der Waals surface area contributed by atoms with E-state index >= 15 is 0 Å². The fourth-order valence-electron chi connectivity index (χ4n) is 1.33. The largest absolute Gasteiger partial charge is 0.344 e. The van der Waals surface area contributed by atoms with Crippen LogP contribution in [0.3, 0.4) is 0 Å². The lowest BCUT2D eigenvalue weighted by Crippen LogP contribution is -2.01. The maximum absolute atomic E-state index is 11.0. The standard InChI is InChI=1S/C6H13O2P/c1-5-3-9(7,8)4-6(5)2/h5-6H,3-4H2,1-2H3,(H,7,8). The second-order valence-electron chi connectivity index (χ2n) is 3.17. The number of hydrogen-bond donors (Lipinski definition) is 1. The van der Waals surface area contributed by atoms with E-state index < -0.39 is 7.37 Å². The summed E-state index contributed by atoms with van der Waals surface area (Å²) in [5.74, 6) is 0.890. The van der Waals surface area contributed by atoms with Crippen LogP contribution in [0.2, 0.25) is 0 Å². The van der Waals surface area contributed by atoms with Crippen molar-refractivity contribution in [3.8, 4) is 0 Å². The third-order valence-electron chi connectivity index (χ3n) is 2.12. The summed E-state index contributed by atoms with van der Waals surface area (Å²) < 4.78 is 11.0. The molecule has 1 rings (SSSR count). The van der Waals surface area contributed by atoms with Crippen molar-refractivity contribution < 1.29 is 9.46 Å². The molecule has 1 fully saturated rings. The molecule has 0 aromatic rings. The minimum Gasteiger partial charge on any atom is -0.344 e. The average Bonchev–Trinajstić information content (AvgIpc) is 1.79. The van der Waals surface area contributed by atoms with Gasteiger partial charge in [-0.15, -0.1) is 0 Å². The van der Waals surface area contributed by atoms with E-state index in [1.54, 1.807) is 0 Å². The minimum absolute atomic E-state index is 0.445. The van der Waals surface area contributed by atoms with Crippen molar-refractivity contribution in [2.24, 2.45) is 11.8 Å². The van der Waals surface area contributed by atoms with Gasteiger partial charge in [-0.05, 0) is 11.8 Å². The Labute approximate surface area is 55.7 Å². The van der Waals surface area contributed by atoms with Crippen molar-refractivity contribution in [2.75, 3.05) is 12.3 Å². The molecule has 1 saturated heterocycles. The van der Waals surface area contributed by atoms with Gasteiger partial charge in [0.25, 0.3) is 0 Å². The predicted molar refractivity (Wildman–Crippen MR) is 37.9 cm³/mol. The summed E-state index contributed by atoms with van der Waals surface area (Å²) in [7, 11) is -2.66. The second-order valence-corrected chi connectivity index (χ2v) is 5.59. The van der Waals surface area contributed by atoms with Gasteiger partial charge in [0.15, 0.2) is 0 Å². The van der Waals surface area contributed by atoms with Gasteiger partial charge >= 0.3 is 0 Å². The molecule has 54 valence electrons. The van der Waals surface area contributed by atoms with Gasteiger partial charge in [-0.1, -0.05) is 13.8 Å². The lowest BCUT2D eigenvalue weighted by molar-refractivity contribution is 0.483. The number of hydrogen-bond acceptors (Lipinski definition) is 1. The third kappa shape index (κ3) is 1.56. The molecule has 2 unspecified atom stereocenters. The monoisotopic (exact) mass is 148 g/mol. The highest BCUT2D eigenvalue weighted by atomic mass is 31.2. The molecule has 1 aliphatic rings. The van der Waals surface area contributed by atoms with Crippen LogP contribution < -0.4 is 0 Å². The predicted octanol–water partition coefficient (Wildman–Crippen LogP) is 1.54. The van der Waals surface area contributed by atoms with Gasteiger partial charge in [-0.3, -0.25) is 4.57 Å². The Bertz CT molecular complexity index is 141. The van der Waals surface area contributed by atoms with Crippen LogP contribution in [0.15, 0.2) is 0 Å². The summed E-state index contributed by atoms with van der Waals surface area (Å²) in [4.78, 5) is 9.09. The van der Waals surface area contributed by atoms with Crippen molar-refractivity contribution in [1.29, 1.82) is 0 Å². The zero-order valence-electron chi connectivity index (χ0n) is 5.87. The van der Waals surface area contributed by atoms with Crippen LogP contribution in [0.4, 0.5) is 0 Å². The van der Waals surface area contributed by atoms with E-state index in [-0.39, 0.29) is 0 Å². The molecule has 0 bridgehead atoms. The lowest BCUT2D eigenvalue weighted by Gasteiger charge is -2.03. The highest BCUT2D eigenvalue weighted by Gasteiger charge is 2.34. The molecular weight excluding hydrogens is 135 g/mol. The summed E-state index contributed by atoms with van der Waals surface area (Å²) in [5, 5.41) is 0.